The molecule has 0 saturated carbocycles. The molecule has 3 aromatic rings. The van der Waals surface area contributed by atoms with Gasteiger partial charge in [0.05, 0.1) is 0 Å². The monoisotopic (exact) mass is 396 g/mol. The number of rotatable bonds is 4. The van der Waals surface area contributed by atoms with Gasteiger partial charge in [-0.1, -0.05) is 11.2 Å². The molecule has 0 aliphatic heterocycles. The summed E-state index contributed by atoms with van der Waals surface area (Å²) >= 11 is 2.21. The topological polar surface area (TPSA) is 48.2 Å². The normalized spacial score (nSPS) is 10.6. The van der Waals surface area contributed by atoms with Crippen molar-refractivity contribution in [1.29, 1.82) is 0 Å². The van der Waals surface area contributed by atoms with Crippen LogP contribution in [0.5, 0.6) is 5.75 Å². The number of hydrogen-bond donors (Lipinski definition) is 0. The standard InChI is InChI=1S/C15H10FIN2O2/c16-11-6-4-10(5-7-11)15-18-14(21-19-15)9-20-13-3-1-2-12(17)8-13/h1-8H,9H2. The van der Waals surface area contributed by atoms with E-state index in [2.05, 4.69) is 32.7 Å². The third-order valence-electron chi connectivity index (χ3n) is 2.73. The van der Waals surface area contributed by atoms with Crippen molar-refractivity contribution in [3.05, 3.63) is 63.8 Å². The van der Waals surface area contributed by atoms with Gasteiger partial charge >= 0.3 is 0 Å². The molecule has 2 aromatic carbocycles. The SMILES string of the molecule is Fc1ccc(-c2noc(COc3cccc(I)c3)n2)cc1. The van der Waals surface area contributed by atoms with Gasteiger partial charge in [-0.05, 0) is 65.1 Å². The quantitative estimate of drug-likeness (QED) is 0.625. The van der Waals surface area contributed by atoms with Crippen LogP contribution < -0.4 is 4.74 Å². The predicted molar refractivity (Wildman–Crippen MR) is 83.2 cm³/mol. The zero-order valence-electron chi connectivity index (χ0n) is 10.8. The molecule has 6 heteroatoms. The Hall–Kier alpha value is -1.96. The molecule has 21 heavy (non-hydrogen) atoms. The minimum absolute atomic E-state index is 0.189. The second kappa shape index (κ2) is 6.21. The van der Waals surface area contributed by atoms with Gasteiger partial charge in [0.1, 0.15) is 11.6 Å². The number of hydrogen-bond acceptors (Lipinski definition) is 4. The third-order valence-corrected chi connectivity index (χ3v) is 3.40. The van der Waals surface area contributed by atoms with E-state index in [0.717, 1.165) is 9.32 Å². The molecule has 106 valence electrons. The van der Waals surface area contributed by atoms with Gasteiger partial charge in [-0.3, -0.25) is 0 Å². The Morgan fingerprint density at radius 3 is 2.71 bits per heavy atom. The van der Waals surface area contributed by atoms with E-state index < -0.39 is 0 Å². The molecule has 0 N–H and O–H groups in total. The van der Waals surface area contributed by atoms with Crippen LogP contribution in [-0.2, 0) is 6.61 Å². The fourth-order valence-corrected chi connectivity index (χ4v) is 2.25. The lowest BCUT2D eigenvalue weighted by Gasteiger charge is -2.02. The van der Waals surface area contributed by atoms with Crippen LogP contribution in [-0.4, -0.2) is 10.1 Å². The zero-order chi connectivity index (χ0) is 14.7. The van der Waals surface area contributed by atoms with Gasteiger partial charge in [-0.2, -0.15) is 4.98 Å². The first-order valence-corrected chi connectivity index (χ1v) is 7.25. The molecule has 0 saturated heterocycles. The summed E-state index contributed by atoms with van der Waals surface area (Å²) in [6.07, 6.45) is 0. The summed E-state index contributed by atoms with van der Waals surface area (Å²) in [6.45, 7) is 0.189. The van der Waals surface area contributed by atoms with Crippen molar-refractivity contribution in [3.63, 3.8) is 0 Å². The van der Waals surface area contributed by atoms with Crippen LogP contribution in [0.1, 0.15) is 5.89 Å². The molecule has 3 rings (SSSR count). The molecule has 0 aliphatic carbocycles. The summed E-state index contributed by atoms with van der Waals surface area (Å²) in [7, 11) is 0. The highest BCUT2D eigenvalue weighted by molar-refractivity contribution is 14.1. The third kappa shape index (κ3) is 3.57. The maximum atomic E-state index is 12.9. The van der Waals surface area contributed by atoms with Crippen molar-refractivity contribution in [1.82, 2.24) is 10.1 Å². The Morgan fingerprint density at radius 2 is 1.95 bits per heavy atom. The molecule has 0 aliphatic rings. The second-order valence-corrected chi connectivity index (χ2v) is 5.51. The summed E-state index contributed by atoms with van der Waals surface area (Å²) in [6, 6.07) is 13.6. The Kier molecular flexibility index (Phi) is 4.14. The predicted octanol–water partition coefficient (Wildman–Crippen LogP) is 4.06. The lowest BCUT2D eigenvalue weighted by Crippen LogP contribution is -1.95. The number of benzene rings is 2. The average Bonchev–Trinajstić information content (AvgIpc) is 2.95. The molecular formula is C15H10FIN2O2. The first-order valence-electron chi connectivity index (χ1n) is 6.17. The van der Waals surface area contributed by atoms with E-state index in [1.165, 1.54) is 12.1 Å². The van der Waals surface area contributed by atoms with E-state index in [1.807, 2.05) is 24.3 Å². The van der Waals surface area contributed by atoms with Crippen LogP contribution in [0.15, 0.2) is 53.1 Å². The van der Waals surface area contributed by atoms with Crippen molar-refractivity contribution in [2.45, 2.75) is 6.61 Å². The van der Waals surface area contributed by atoms with E-state index in [1.54, 1.807) is 12.1 Å². The van der Waals surface area contributed by atoms with Gasteiger partial charge in [0.2, 0.25) is 5.82 Å². The first-order chi connectivity index (χ1) is 10.2. The van der Waals surface area contributed by atoms with Crippen LogP contribution in [0.4, 0.5) is 4.39 Å². The number of halogens is 2. The van der Waals surface area contributed by atoms with Crippen LogP contribution in [0.25, 0.3) is 11.4 Å². The van der Waals surface area contributed by atoms with Crippen LogP contribution in [0, 0.1) is 9.39 Å². The zero-order valence-corrected chi connectivity index (χ0v) is 13.0. The molecular weight excluding hydrogens is 386 g/mol. The second-order valence-electron chi connectivity index (χ2n) is 4.26. The van der Waals surface area contributed by atoms with Crippen LogP contribution in [0.2, 0.25) is 0 Å². The average molecular weight is 396 g/mol. The van der Waals surface area contributed by atoms with Gasteiger partial charge in [0, 0.05) is 9.13 Å². The van der Waals surface area contributed by atoms with E-state index in [-0.39, 0.29) is 12.4 Å². The first kappa shape index (κ1) is 14.0. The molecule has 0 fully saturated rings. The molecule has 0 amide bonds. The van der Waals surface area contributed by atoms with Gasteiger partial charge in [0.25, 0.3) is 5.89 Å². The lowest BCUT2D eigenvalue weighted by atomic mass is 10.2. The molecule has 0 unspecified atom stereocenters. The molecule has 0 radical (unpaired) electrons. The summed E-state index contributed by atoms with van der Waals surface area (Å²) in [4.78, 5) is 4.22. The van der Waals surface area contributed by atoms with Crippen molar-refractivity contribution in [2.24, 2.45) is 0 Å². The highest BCUT2D eigenvalue weighted by Crippen LogP contribution is 2.18. The lowest BCUT2D eigenvalue weighted by molar-refractivity contribution is 0.243. The molecule has 1 heterocycles. The highest BCUT2D eigenvalue weighted by atomic mass is 127. The van der Waals surface area contributed by atoms with Crippen LogP contribution in [0.3, 0.4) is 0 Å². The van der Waals surface area contributed by atoms with Crippen molar-refractivity contribution < 1.29 is 13.7 Å². The number of ether oxygens (including phenoxy) is 1. The highest BCUT2D eigenvalue weighted by Gasteiger charge is 2.09. The van der Waals surface area contributed by atoms with Crippen molar-refractivity contribution in [3.8, 4) is 17.1 Å². The minimum Gasteiger partial charge on any atom is -0.484 e. The Morgan fingerprint density at radius 1 is 1.14 bits per heavy atom. The van der Waals surface area contributed by atoms with E-state index in [0.29, 0.717) is 17.3 Å². The fraction of sp³-hybridized carbons (Fsp3) is 0.0667. The summed E-state index contributed by atoms with van der Waals surface area (Å²) < 4.78 is 24.6. The summed E-state index contributed by atoms with van der Waals surface area (Å²) in [5, 5.41) is 3.86. The van der Waals surface area contributed by atoms with E-state index in [9.17, 15) is 4.39 Å². The van der Waals surface area contributed by atoms with E-state index >= 15 is 0 Å². The molecule has 0 spiro atoms. The van der Waals surface area contributed by atoms with Gasteiger partial charge in [-0.25, -0.2) is 4.39 Å². The van der Waals surface area contributed by atoms with E-state index in [4.69, 9.17) is 9.26 Å². The number of aromatic nitrogens is 2. The maximum Gasteiger partial charge on any atom is 0.264 e. The van der Waals surface area contributed by atoms with Crippen molar-refractivity contribution in [2.75, 3.05) is 0 Å². The smallest absolute Gasteiger partial charge is 0.264 e. The van der Waals surface area contributed by atoms with Gasteiger partial charge < -0.3 is 9.26 Å². The maximum absolute atomic E-state index is 12.9. The molecule has 0 atom stereocenters. The number of nitrogens with zero attached hydrogens (tertiary/aromatic N) is 2. The molecule has 0 bridgehead atoms. The van der Waals surface area contributed by atoms with Crippen LogP contribution >= 0.6 is 22.6 Å². The molecule has 1 aromatic heterocycles. The Balaban J connectivity index is 1.69. The molecule has 4 nitrogen and oxygen atoms in total. The van der Waals surface area contributed by atoms with Crippen molar-refractivity contribution >= 4 is 22.6 Å². The van der Waals surface area contributed by atoms with Gasteiger partial charge in [-0.15, -0.1) is 0 Å². The van der Waals surface area contributed by atoms with Gasteiger partial charge in [0.15, 0.2) is 6.61 Å². The summed E-state index contributed by atoms with van der Waals surface area (Å²) in [5.74, 6) is 1.22. The minimum atomic E-state index is -0.301. The Labute approximate surface area is 134 Å². The Bertz CT molecular complexity index is 743. The largest absolute Gasteiger partial charge is 0.484 e. The fourth-order valence-electron chi connectivity index (χ4n) is 1.73. The summed E-state index contributed by atoms with van der Waals surface area (Å²) in [5.41, 5.74) is 0.695.